The zero-order valence-electron chi connectivity index (χ0n) is 10.9. The molecule has 5 heteroatoms. The van der Waals surface area contributed by atoms with Crippen LogP contribution in [0, 0.1) is 12.8 Å². The van der Waals surface area contributed by atoms with E-state index in [1.54, 1.807) is 0 Å². The molecule has 98 valence electrons. The summed E-state index contributed by atoms with van der Waals surface area (Å²) < 4.78 is 1.95. The lowest BCUT2D eigenvalue weighted by Crippen LogP contribution is -2.24. The molecule has 17 heavy (non-hydrogen) atoms. The minimum atomic E-state index is 0. The molecule has 4 nitrogen and oxygen atoms in total. The number of rotatable bonds is 4. The van der Waals surface area contributed by atoms with Gasteiger partial charge in [0.2, 0.25) is 0 Å². The van der Waals surface area contributed by atoms with Crippen molar-refractivity contribution in [2.45, 2.75) is 19.9 Å². The number of nitrogens with zero attached hydrogens (tertiary/aromatic N) is 3. The van der Waals surface area contributed by atoms with Crippen LogP contribution < -0.4 is 5.32 Å². The van der Waals surface area contributed by atoms with Crippen molar-refractivity contribution in [3.05, 3.63) is 17.5 Å². The van der Waals surface area contributed by atoms with E-state index in [1.165, 1.54) is 30.8 Å². The van der Waals surface area contributed by atoms with Gasteiger partial charge in [-0.1, -0.05) is 0 Å². The first-order valence-corrected chi connectivity index (χ1v) is 6.05. The van der Waals surface area contributed by atoms with Crippen molar-refractivity contribution in [2.24, 2.45) is 13.0 Å². The molecule has 2 rings (SSSR count). The third kappa shape index (κ3) is 3.44. The van der Waals surface area contributed by atoms with E-state index in [4.69, 9.17) is 0 Å². The molecule has 1 N–H and O–H groups in total. The van der Waals surface area contributed by atoms with Gasteiger partial charge in [-0.05, 0) is 39.4 Å². The van der Waals surface area contributed by atoms with Crippen molar-refractivity contribution in [3.8, 4) is 0 Å². The van der Waals surface area contributed by atoms with Gasteiger partial charge in [0.05, 0.1) is 6.20 Å². The monoisotopic (exact) mass is 258 g/mol. The van der Waals surface area contributed by atoms with Gasteiger partial charge in [-0.25, -0.2) is 0 Å². The Morgan fingerprint density at radius 2 is 2.29 bits per heavy atom. The maximum atomic E-state index is 4.29. The topological polar surface area (TPSA) is 33.1 Å². The normalized spacial score (nSPS) is 20.5. The van der Waals surface area contributed by atoms with Crippen molar-refractivity contribution in [3.63, 3.8) is 0 Å². The molecular weight excluding hydrogens is 236 g/mol. The van der Waals surface area contributed by atoms with Crippen molar-refractivity contribution >= 4 is 12.4 Å². The van der Waals surface area contributed by atoms with E-state index < -0.39 is 0 Å². The zero-order valence-corrected chi connectivity index (χ0v) is 11.8. The van der Waals surface area contributed by atoms with Crippen LogP contribution in [0.4, 0.5) is 0 Å². The van der Waals surface area contributed by atoms with Crippen LogP contribution in [0.15, 0.2) is 6.20 Å². The van der Waals surface area contributed by atoms with Crippen LogP contribution in [0.3, 0.4) is 0 Å². The van der Waals surface area contributed by atoms with Crippen LogP contribution in [0.2, 0.25) is 0 Å². The first-order chi connectivity index (χ1) is 7.70. The second-order valence-corrected chi connectivity index (χ2v) is 4.83. The van der Waals surface area contributed by atoms with Crippen LogP contribution in [0.1, 0.15) is 17.7 Å². The summed E-state index contributed by atoms with van der Waals surface area (Å²) in [6.07, 6.45) is 3.32. The Kier molecular flexibility index (Phi) is 5.43. The number of hydrogen-bond donors (Lipinski definition) is 1. The molecule has 1 aromatic heterocycles. The molecule has 0 radical (unpaired) electrons. The minimum Gasteiger partial charge on any atom is -0.319 e. The molecule has 1 fully saturated rings. The van der Waals surface area contributed by atoms with Crippen molar-refractivity contribution in [1.29, 1.82) is 0 Å². The lowest BCUT2D eigenvalue weighted by Gasteiger charge is -2.15. The standard InChI is InChI=1S/C12H22N4.ClH/c1-10-12(7-14-15(10)3)9-16-5-4-11(8-16)6-13-2;/h7,11,13H,4-6,8-9H2,1-3H3;1H. The van der Waals surface area contributed by atoms with E-state index >= 15 is 0 Å². The zero-order chi connectivity index (χ0) is 11.5. The summed E-state index contributed by atoms with van der Waals surface area (Å²) >= 11 is 0. The summed E-state index contributed by atoms with van der Waals surface area (Å²) in [5.41, 5.74) is 2.66. The fraction of sp³-hybridized carbons (Fsp3) is 0.750. The molecule has 1 saturated heterocycles. The predicted molar refractivity (Wildman–Crippen MR) is 72.5 cm³/mol. The third-order valence-corrected chi connectivity index (χ3v) is 3.59. The van der Waals surface area contributed by atoms with Crippen LogP contribution in [-0.4, -0.2) is 41.4 Å². The van der Waals surface area contributed by atoms with Crippen molar-refractivity contribution in [1.82, 2.24) is 20.0 Å². The molecule has 2 heterocycles. The van der Waals surface area contributed by atoms with E-state index in [9.17, 15) is 0 Å². The molecule has 1 aliphatic rings. The molecular formula is C12H23ClN4. The number of halogens is 1. The molecule has 1 atom stereocenters. The Morgan fingerprint density at radius 3 is 2.88 bits per heavy atom. The minimum absolute atomic E-state index is 0. The molecule has 0 aliphatic carbocycles. The fourth-order valence-electron chi connectivity index (χ4n) is 2.45. The average molecular weight is 259 g/mol. The quantitative estimate of drug-likeness (QED) is 0.881. The third-order valence-electron chi connectivity index (χ3n) is 3.59. The van der Waals surface area contributed by atoms with Gasteiger partial charge in [0.25, 0.3) is 0 Å². The molecule has 0 saturated carbocycles. The predicted octanol–water partition coefficient (Wildman–Crippen LogP) is 1.19. The van der Waals surface area contributed by atoms with Gasteiger partial charge in [-0.15, -0.1) is 12.4 Å². The van der Waals surface area contributed by atoms with Gasteiger partial charge in [-0.3, -0.25) is 9.58 Å². The Labute approximate surface area is 110 Å². The lowest BCUT2D eigenvalue weighted by atomic mass is 10.1. The molecule has 0 spiro atoms. The lowest BCUT2D eigenvalue weighted by molar-refractivity contribution is 0.314. The summed E-state index contributed by atoms with van der Waals surface area (Å²) in [5.74, 6) is 0.821. The van der Waals surface area contributed by atoms with Crippen molar-refractivity contribution in [2.75, 3.05) is 26.7 Å². The Bertz CT molecular complexity index is 350. The Morgan fingerprint density at radius 1 is 1.53 bits per heavy atom. The number of likely N-dealkylation sites (tertiary alicyclic amines) is 1. The summed E-state index contributed by atoms with van der Waals surface area (Å²) in [6, 6.07) is 0. The summed E-state index contributed by atoms with van der Waals surface area (Å²) in [6.45, 7) is 6.78. The van der Waals surface area contributed by atoms with E-state index in [-0.39, 0.29) is 12.4 Å². The highest BCUT2D eigenvalue weighted by atomic mass is 35.5. The summed E-state index contributed by atoms with van der Waals surface area (Å²) in [7, 11) is 4.04. The molecule has 0 amide bonds. The van der Waals surface area contributed by atoms with Crippen LogP contribution in [0.5, 0.6) is 0 Å². The maximum absolute atomic E-state index is 4.29. The molecule has 1 aromatic rings. The average Bonchev–Trinajstić information content (AvgIpc) is 2.82. The van der Waals surface area contributed by atoms with Gasteiger partial charge in [-0.2, -0.15) is 5.10 Å². The Hall–Kier alpha value is -0.580. The van der Waals surface area contributed by atoms with Crippen LogP contribution >= 0.6 is 12.4 Å². The number of nitrogens with one attached hydrogen (secondary N) is 1. The highest BCUT2D eigenvalue weighted by Gasteiger charge is 2.22. The molecule has 0 aromatic carbocycles. The maximum Gasteiger partial charge on any atom is 0.0537 e. The van der Waals surface area contributed by atoms with Gasteiger partial charge >= 0.3 is 0 Å². The molecule has 0 bridgehead atoms. The summed E-state index contributed by atoms with van der Waals surface area (Å²) in [5, 5.41) is 7.56. The highest BCUT2D eigenvalue weighted by molar-refractivity contribution is 5.85. The van der Waals surface area contributed by atoms with E-state index in [0.717, 1.165) is 19.0 Å². The van der Waals surface area contributed by atoms with E-state index in [2.05, 4.69) is 22.2 Å². The van der Waals surface area contributed by atoms with Crippen molar-refractivity contribution < 1.29 is 0 Å². The highest BCUT2D eigenvalue weighted by Crippen LogP contribution is 2.19. The Balaban J connectivity index is 0.00000144. The SMILES string of the molecule is CNCC1CCN(Cc2cnn(C)c2C)C1.Cl. The smallest absolute Gasteiger partial charge is 0.0537 e. The second kappa shape index (κ2) is 6.38. The number of aromatic nitrogens is 2. The molecule has 1 unspecified atom stereocenters. The van der Waals surface area contributed by atoms with E-state index in [0.29, 0.717) is 0 Å². The first kappa shape index (κ1) is 14.5. The van der Waals surface area contributed by atoms with E-state index in [1.807, 2.05) is 25.0 Å². The van der Waals surface area contributed by atoms with Crippen LogP contribution in [0.25, 0.3) is 0 Å². The second-order valence-electron chi connectivity index (χ2n) is 4.83. The van der Waals surface area contributed by atoms with Gasteiger partial charge in [0.15, 0.2) is 0 Å². The summed E-state index contributed by atoms with van der Waals surface area (Å²) in [4.78, 5) is 2.53. The fourth-order valence-corrected chi connectivity index (χ4v) is 2.45. The number of hydrogen-bond acceptors (Lipinski definition) is 3. The van der Waals surface area contributed by atoms with Gasteiger partial charge < -0.3 is 5.32 Å². The van der Waals surface area contributed by atoms with Gasteiger partial charge in [0.1, 0.15) is 0 Å². The molecule has 1 aliphatic heterocycles. The number of aryl methyl sites for hydroxylation is 1. The largest absolute Gasteiger partial charge is 0.319 e. The van der Waals surface area contributed by atoms with Crippen LogP contribution in [-0.2, 0) is 13.6 Å². The first-order valence-electron chi connectivity index (χ1n) is 6.05. The van der Waals surface area contributed by atoms with Gasteiger partial charge in [0, 0.05) is 31.4 Å².